The fraction of sp³-hybridized carbons (Fsp3) is 0.154. The molecule has 1 aromatic carbocycles. The molecule has 0 amide bonds. The van der Waals surface area contributed by atoms with Crippen molar-refractivity contribution < 1.29 is 4.74 Å². The van der Waals surface area contributed by atoms with Crippen LogP contribution in [0.2, 0.25) is 0 Å². The smallest absolute Gasteiger partial charge is 0.212 e. The van der Waals surface area contributed by atoms with E-state index in [2.05, 4.69) is 21.9 Å². The molecular weight excluding hydrogens is 260 g/mol. The lowest BCUT2D eigenvalue weighted by molar-refractivity contribution is 0.415. The van der Waals surface area contributed by atoms with Gasteiger partial charge in [0.2, 0.25) is 5.16 Å². The summed E-state index contributed by atoms with van der Waals surface area (Å²) >= 11 is 1.53. The number of hydrogen-bond acceptors (Lipinski definition) is 5. The molecule has 0 atom stereocenters. The van der Waals surface area contributed by atoms with Crippen LogP contribution in [0.25, 0.3) is 0 Å². The largest absolute Gasteiger partial charge is 0.497 e. The van der Waals surface area contributed by atoms with E-state index in [0.717, 1.165) is 22.2 Å². The molecule has 19 heavy (non-hydrogen) atoms. The van der Waals surface area contributed by atoms with Gasteiger partial charge < -0.3 is 4.74 Å². The van der Waals surface area contributed by atoms with Gasteiger partial charge in [-0.2, -0.15) is 9.78 Å². The lowest BCUT2D eigenvalue weighted by atomic mass is 10.2. The second-order valence-electron chi connectivity index (χ2n) is 3.58. The Hall–Kier alpha value is -2.08. The normalized spacial score (nSPS) is 10.8. The first-order valence-electron chi connectivity index (χ1n) is 5.65. The van der Waals surface area contributed by atoms with Crippen molar-refractivity contribution in [3.05, 3.63) is 48.8 Å². The van der Waals surface area contributed by atoms with Crippen LogP contribution in [0.4, 0.5) is 0 Å². The van der Waals surface area contributed by atoms with Crippen molar-refractivity contribution in [1.82, 2.24) is 14.9 Å². The van der Waals surface area contributed by atoms with E-state index in [4.69, 9.17) is 4.74 Å². The molecule has 0 aliphatic rings. The van der Waals surface area contributed by atoms with Gasteiger partial charge in [0.1, 0.15) is 12.1 Å². The van der Waals surface area contributed by atoms with E-state index in [9.17, 15) is 0 Å². The predicted molar refractivity (Wildman–Crippen MR) is 76.9 cm³/mol. The molecule has 0 bridgehead atoms. The van der Waals surface area contributed by atoms with E-state index in [-0.39, 0.29) is 0 Å². The maximum Gasteiger partial charge on any atom is 0.212 e. The molecule has 0 fully saturated rings. The molecule has 1 aromatic heterocycles. The van der Waals surface area contributed by atoms with Gasteiger partial charge in [-0.15, -0.1) is 16.8 Å². The number of nitrogens with zero attached hydrogens (tertiary/aromatic N) is 4. The van der Waals surface area contributed by atoms with E-state index in [0.29, 0.717) is 0 Å². The minimum absolute atomic E-state index is 0.740. The Morgan fingerprint density at radius 2 is 2.21 bits per heavy atom. The summed E-state index contributed by atoms with van der Waals surface area (Å²) in [4.78, 5) is 0. The summed E-state index contributed by atoms with van der Waals surface area (Å²) in [7, 11) is 1.64. The van der Waals surface area contributed by atoms with Crippen LogP contribution >= 0.6 is 11.8 Å². The molecule has 0 unspecified atom stereocenters. The zero-order valence-electron chi connectivity index (χ0n) is 10.6. The van der Waals surface area contributed by atoms with Gasteiger partial charge in [-0.25, -0.2) is 0 Å². The molecule has 98 valence electrons. The zero-order valence-corrected chi connectivity index (χ0v) is 11.4. The van der Waals surface area contributed by atoms with Gasteiger partial charge in [0.15, 0.2) is 0 Å². The molecule has 1 heterocycles. The molecule has 6 heteroatoms. The number of thioether (sulfide) groups is 1. The quantitative estimate of drug-likeness (QED) is 0.461. The van der Waals surface area contributed by atoms with Gasteiger partial charge in [-0.1, -0.05) is 17.8 Å². The minimum atomic E-state index is 0.740. The summed E-state index contributed by atoms with van der Waals surface area (Å²) in [6.45, 7) is 3.67. The van der Waals surface area contributed by atoms with Crippen molar-refractivity contribution >= 4 is 18.0 Å². The second-order valence-corrected chi connectivity index (χ2v) is 4.56. The predicted octanol–water partition coefficient (Wildman–Crippen LogP) is 2.45. The molecule has 0 saturated carbocycles. The Balaban J connectivity index is 2.08. The van der Waals surface area contributed by atoms with Gasteiger partial charge in [0, 0.05) is 5.75 Å². The van der Waals surface area contributed by atoms with Crippen LogP contribution in [0.3, 0.4) is 0 Å². The third-order valence-electron chi connectivity index (χ3n) is 2.28. The van der Waals surface area contributed by atoms with Crippen molar-refractivity contribution in [1.29, 1.82) is 0 Å². The number of ether oxygens (including phenoxy) is 1. The molecule has 0 spiro atoms. The maximum absolute atomic E-state index is 5.10. The monoisotopic (exact) mass is 274 g/mol. The van der Waals surface area contributed by atoms with Crippen molar-refractivity contribution in [3.8, 4) is 5.75 Å². The highest BCUT2D eigenvalue weighted by molar-refractivity contribution is 7.99. The Kier molecular flexibility index (Phi) is 4.74. The van der Waals surface area contributed by atoms with E-state index in [1.54, 1.807) is 24.3 Å². The van der Waals surface area contributed by atoms with E-state index in [1.807, 2.05) is 30.3 Å². The van der Waals surface area contributed by atoms with Gasteiger partial charge in [0.25, 0.3) is 0 Å². The minimum Gasteiger partial charge on any atom is -0.497 e. The van der Waals surface area contributed by atoms with Gasteiger partial charge in [-0.3, -0.25) is 0 Å². The fourth-order valence-corrected chi connectivity index (χ4v) is 1.94. The molecule has 0 saturated heterocycles. The molecular formula is C13H14N4OS. The highest BCUT2D eigenvalue weighted by Gasteiger charge is 2.01. The Labute approximate surface area is 116 Å². The molecule has 5 nitrogen and oxygen atoms in total. The van der Waals surface area contributed by atoms with Crippen LogP contribution in [-0.2, 0) is 0 Å². The molecule has 0 radical (unpaired) electrons. The third-order valence-corrected chi connectivity index (χ3v) is 3.21. The van der Waals surface area contributed by atoms with Crippen molar-refractivity contribution in [2.75, 3.05) is 12.9 Å². The number of rotatable bonds is 6. The fourth-order valence-electron chi connectivity index (χ4n) is 1.35. The third kappa shape index (κ3) is 3.69. The average Bonchev–Trinajstić information content (AvgIpc) is 2.91. The Morgan fingerprint density at radius 1 is 1.42 bits per heavy atom. The second kappa shape index (κ2) is 6.75. The van der Waals surface area contributed by atoms with Crippen LogP contribution in [0.1, 0.15) is 5.56 Å². The SMILES string of the molecule is C=CCSc1nncn1/N=C\c1ccc(OC)cc1. The molecule has 0 N–H and O–H groups in total. The van der Waals surface area contributed by atoms with E-state index >= 15 is 0 Å². The van der Waals surface area contributed by atoms with Gasteiger partial charge in [-0.05, 0) is 29.8 Å². The number of methoxy groups -OCH3 is 1. The van der Waals surface area contributed by atoms with Crippen LogP contribution < -0.4 is 4.74 Å². The lowest BCUT2D eigenvalue weighted by Gasteiger charge is -2.00. The van der Waals surface area contributed by atoms with Crippen LogP contribution in [0.5, 0.6) is 5.75 Å². The molecule has 2 aromatic rings. The average molecular weight is 274 g/mol. The first-order chi connectivity index (χ1) is 9.33. The maximum atomic E-state index is 5.10. The summed E-state index contributed by atoms with van der Waals surface area (Å²) in [5, 5.41) is 12.9. The lowest BCUT2D eigenvalue weighted by Crippen LogP contribution is -1.92. The van der Waals surface area contributed by atoms with Gasteiger partial charge in [0.05, 0.1) is 13.3 Å². The van der Waals surface area contributed by atoms with Crippen LogP contribution in [0, 0.1) is 0 Å². The number of benzene rings is 1. The zero-order chi connectivity index (χ0) is 13.5. The standard InChI is InChI=1S/C13H14N4OS/c1-3-8-19-13-16-14-10-17(13)15-9-11-4-6-12(18-2)7-5-11/h3-7,9-10H,1,8H2,2H3/b15-9-. The summed E-state index contributed by atoms with van der Waals surface area (Å²) < 4.78 is 6.74. The molecule has 2 rings (SSSR count). The Bertz CT molecular complexity index is 562. The van der Waals surface area contributed by atoms with E-state index < -0.39 is 0 Å². The number of hydrogen-bond donors (Lipinski definition) is 0. The van der Waals surface area contributed by atoms with E-state index in [1.165, 1.54) is 11.8 Å². The highest BCUT2D eigenvalue weighted by Crippen LogP contribution is 2.14. The van der Waals surface area contributed by atoms with Crippen molar-refractivity contribution in [2.24, 2.45) is 5.10 Å². The summed E-state index contributed by atoms with van der Waals surface area (Å²) in [6.07, 6.45) is 5.14. The summed E-state index contributed by atoms with van der Waals surface area (Å²) in [5.74, 6) is 1.60. The van der Waals surface area contributed by atoms with Crippen molar-refractivity contribution in [2.45, 2.75) is 5.16 Å². The first kappa shape index (κ1) is 13.4. The van der Waals surface area contributed by atoms with Gasteiger partial charge >= 0.3 is 0 Å². The van der Waals surface area contributed by atoms with Crippen LogP contribution in [-0.4, -0.2) is 34.0 Å². The molecule has 0 aliphatic carbocycles. The molecule has 0 aliphatic heterocycles. The Morgan fingerprint density at radius 3 is 2.89 bits per heavy atom. The summed E-state index contributed by atoms with van der Waals surface area (Å²) in [6, 6.07) is 7.65. The first-order valence-corrected chi connectivity index (χ1v) is 6.64. The van der Waals surface area contributed by atoms with Crippen molar-refractivity contribution in [3.63, 3.8) is 0 Å². The summed E-state index contributed by atoms with van der Waals surface area (Å²) in [5.41, 5.74) is 0.981. The number of aromatic nitrogens is 3. The van der Waals surface area contributed by atoms with Crippen LogP contribution in [0.15, 0.2) is 53.5 Å². The topological polar surface area (TPSA) is 52.3 Å². The highest BCUT2D eigenvalue weighted by atomic mass is 32.2.